The molecule has 0 aliphatic heterocycles. The van der Waals surface area contributed by atoms with E-state index in [0.29, 0.717) is 6.29 Å². The van der Waals surface area contributed by atoms with Gasteiger partial charge in [-0.05, 0) is 12.6 Å². The summed E-state index contributed by atoms with van der Waals surface area (Å²) in [5, 5.41) is 11.5. The monoisotopic (exact) mass is 207 g/mol. The largest absolute Gasteiger partial charge is 0.480 e. The van der Waals surface area contributed by atoms with Gasteiger partial charge in [0.25, 0.3) is 0 Å². The number of hydrogen-bond donors (Lipinski definition) is 2. The molecule has 15 heavy (non-hydrogen) atoms. The lowest BCUT2D eigenvalue weighted by Gasteiger charge is -2.22. The SMILES string of the molecule is CN[C@@](C=O)(Cc1ccccc1)C(=O)O. The fraction of sp³-hybridized carbons (Fsp3) is 0.273. The summed E-state index contributed by atoms with van der Waals surface area (Å²) in [4.78, 5) is 21.9. The average molecular weight is 207 g/mol. The number of carboxylic acids is 1. The first-order valence-corrected chi connectivity index (χ1v) is 4.57. The maximum atomic E-state index is 11.0. The molecule has 0 radical (unpaired) electrons. The van der Waals surface area contributed by atoms with Gasteiger partial charge in [-0.25, -0.2) is 4.79 Å². The second-order valence-corrected chi connectivity index (χ2v) is 3.31. The lowest BCUT2D eigenvalue weighted by Crippen LogP contribution is -2.53. The van der Waals surface area contributed by atoms with Crippen LogP contribution in [-0.4, -0.2) is 29.9 Å². The van der Waals surface area contributed by atoms with Crippen LogP contribution in [0.2, 0.25) is 0 Å². The third-order valence-corrected chi connectivity index (χ3v) is 2.35. The van der Waals surface area contributed by atoms with Crippen molar-refractivity contribution in [3.63, 3.8) is 0 Å². The van der Waals surface area contributed by atoms with Crippen LogP contribution in [0.5, 0.6) is 0 Å². The fourth-order valence-electron chi connectivity index (χ4n) is 1.34. The van der Waals surface area contributed by atoms with E-state index in [1.807, 2.05) is 18.2 Å². The molecule has 0 saturated heterocycles. The van der Waals surface area contributed by atoms with Crippen molar-refractivity contribution in [2.45, 2.75) is 12.0 Å². The van der Waals surface area contributed by atoms with Gasteiger partial charge in [-0.2, -0.15) is 0 Å². The first-order valence-electron chi connectivity index (χ1n) is 4.57. The Balaban J connectivity index is 2.94. The molecule has 2 N–H and O–H groups in total. The Morgan fingerprint density at radius 2 is 2.07 bits per heavy atom. The minimum absolute atomic E-state index is 0.142. The zero-order valence-corrected chi connectivity index (χ0v) is 8.43. The number of carbonyl (C=O) groups excluding carboxylic acids is 1. The highest BCUT2D eigenvalue weighted by molar-refractivity contribution is 5.97. The summed E-state index contributed by atoms with van der Waals surface area (Å²) < 4.78 is 0. The number of rotatable bonds is 5. The van der Waals surface area contributed by atoms with Gasteiger partial charge < -0.3 is 9.90 Å². The number of benzene rings is 1. The molecule has 0 aromatic heterocycles. The van der Waals surface area contributed by atoms with Crippen molar-refractivity contribution in [3.05, 3.63) is 35.9 Å². The van der Waals surface area contributed by atoms with Crippen molar-refractivity contribution in [2.24, 2.45) is 0 Å². The average Bonchev–Trinajstić information content (AvgIpc) is 2.27. The van der Waals surface area contributed by atoms with E-state index in [1.165, 1.54) is 7.05 Å². The summed E-state index contributed by atoms with van der Waals surface area (Å²) in [6, 6.07) is 9.04. The molecular weight excluding hydrogens is 194 g/mol. The van der Waals surface area contributed by atoms with Gasteiger partial charge in [0, 0.05) is 6.42 Å². The molecule has 0 fully saturated rings. The molecule has 1 atom stereocenters. The van der Waals surface area contributed by atoms with Gasteiger partial charge in [0.15, 0.2) is 11.8 Å². The van der Waals surface area contributed by atoms with Crippen molar-refractivity contribution in [2.75, 3.05) is 7.05 Å². The number of carboxylic acid groups (broad SMARTS) is 1. The molecule has 1 rings (SSSR count). The van der Waals surface area contributed by atoms with E-state index in [-0.39, 0.29) is 6.42 Å². The van der Waals surface area contributed by atoms with Gasteiger partial charge in [-0.1, -0.05) is 30.3 Å². The third kappa shape index (κ3) is 2.41. The number of hydrogen-bond acceptors (Lipinski definition) is 3. The summed E-state index contributed by atoms with van der Waals surface area (Å²) in [7, 11) is 1.46. The van der Waals surface area contributed by atoms with Crippen LogP contribution in [0.15, 0.2) is 30.3 Å². The maximum Gasteiger partial charge on any atom is 0.331 e. The topological polar surface area (TPSA) is 66.4 Å². The van der Waals surface area contributed by atoms with E-state index >= 15 is 0 Å². The Morgan fingerprint density at radius 1 is 1.47 bits per heavy atom. The van der Waals surface area contributed by atoms with Crippen molar-refractivity contribution in [3.8, 4) is 0 Å². The van der Waals surface area contributed by atoms with E-state index in [4.69, 9.17) is 5.11 Å². The molecule has 0 aliphatic carbocycles. The molecule has 0 bridgehead atoms. The van der Waals surface area contributed by atoms with E-state index in [1.54, 1.807) is 12.1 Å². The highest BCUT2D eigenvalue weighted by Gasteiger charge is 2.36. The molecule has 80 valence electrons. The third-order valence-electron chi connectivity index (χ3n) is 2.35. The first kappa shape index (κ1) is 11.4. The van der Waals surface area contributed by atoms with Crippen LogP contribution in [0.1, 0.15) is 5.56 Å². The Bertz CT molecular complexity index is 350. The van der Waals surface area contributed by atoms with Crippen LogP contribution in [0, 0.1) is 0 Å². The van der Waals surface area contributed by atoms with Crippen LogP contribution in [0.4, 0.5) is 0 Å². The van der Waals surface area contributed by atoms with Crippen LogP contribution < -0.4 is 5.32 Å². The van der Waals surface area contributed by atoms with Gasteiger partial charge in [0.1, 0.15) is 0 Å². The van der Waals surface area contributed by atoms with E-state index in [2.05, 4.69) is 5.32 Å². The normalized spacial score (nSPS) is 14.2. The minimum atomic E-state index is -1.53. The maximum absolute atomic E-state index is 11.0. The Kier molecular flexibility index (Phi) is 3.57. The van der Waals surface area contributed by atoms with Gasteiger partial charge in [0.2, 0.25) is 0 Å². The predicted octanol–water partition coefficient (Wildman–Crippen LogP) is 0.471. The molecule has 1 aromatic rings. The highest BCUT2D eigenvalue weighted by atomic mass is 16.4. The quantitative estimate of drug-likeness (QED) is 0.544. The molecule has 0 unspecified atom stereocenters. The summed E-state index contributed by atoms with van der Waals surface area (Å²) in [6.45, 7) is 0. The molecular formula is C11H13NO3. The molecule has 1 aromatic carbocycles. The summed E-state index contributed by atoms with van der Waals surface area (Å²) in [5.41, 5.74) is -0.720. The van der Waals surface area contributed by atoms with Crippen LogP contribution in [-0.2, 0) is 16.0 Å². The standard InChI is InChI=1S/C11H13NO3/c1-12-11(8-13,10(14)15)7-9-5-3-2-4-6-9/h2-6,8,12H,7H2,1H3,(H,14,15)/t11-/m1/s1. The second-order valence-electron chi connectivity index (χ2n) is 3.31. The minimum Gasteiger partial charge on any atom is -0.480 e. The first-order chi connectivity index (χ1) is 7.14. The van der Waals surface area contributed by atoms with Gasteiger partial charge in [-0.3, -0.25) is 5.32 Å². The molecule has 0 spiro atoms. The number of aliphatic carboxylic acids is 1. The predicted molar refractivity (Wildman–Crippen MR) is 55.6 cm³/mol. The fourth-order valence-corrected chi connectivity index (χ4v) is 1.34. The molecule has 0 heterocycles. The number of aldehydes is 1. The Labute approximate surface area is 87.9 Å². The van der Waals surface area contributed by atoms with E-state index < -0.39 is 11.5 Å². The molecule has 0 amide bonds. The Morgan fingerprint density at radius 3 is 2.47 bits per heavy atom. The highest BCUT2D eigenvalue weighted by Crippen LogP contribution is 2.11. The van der Waals surface area contributed by atoms with Gasteiger partial charge in [-0.15, -0.1) is 0 Å². The number of likely N-dealkylation sites (N-methyl/N-ethyl adjacent to an activating group) is 1. The van der Waals surface area contributed by atoms with Gasteiger partial charge >= 0.3 is 5.97 Å². The molecule has 0 aliphatic rings. The number of carbonyl (C=O) groups is 2. The van der Waals surface area contributed by atoms with Crippen LogP contribution >= 0.6 is 0 Å². The molecule has 4 heteroatoms. The lowest BCUT2D eigenvalue weighted by atomic mass is 9.92. The second kappa shape index (κ2) is 4.70. The lowest BCUT2D eigenvalue weighted by molar-refractivity contribution is -0.146. The summed E-state index contributed by atoms with van der Waals surface area (Å²) >= 11 is 0. The van der Waals surface area contributed by atoms with Crippen molar-refractivity contribution >= 4 is 12.3 Å². The van der Waals surface area contributed by atoms with Crippen molar-refractivity contribution in [1.82, 2.24) is 5.32 Å². The summed E-state index contributed by atoms with van der Waals surface area (Å²) in [6.07, 6.45) is 0.575. The molecule has 0 saturated carbocycles. The van der Waals surface area contributed by atoms with Gasteiger partial charge in [0.05, 0.1) is 0 Å². The zero-order valence-electron chi connectivity index (χ0n) is 8.43. The Hall–Kier alpha value is -1.68. The van der Waals surface area contributed by atoms with E-state index in [0.717, 1.165) is 5.56 Å². The number of nitrogens with one attached hydrogen (secondary N) is 1. The van der Waals surface area contributed by atoms with Crippen LogP contribution in [0.25, 0.3) is 0 Å². The van der Waals surface area contributed by atoms with E-state index in [9.17, 15) is 9.59 Å². The van der Waals surface area contributed by atoms with Crippen molar-refractivity contribution in [1.29, 1.82) is 0 Å². The van der Waals surface area contributed by atoms with Crippen LogP contribution in [0.3, 0.4) is 0 Å². The zero-order chi connectivity index (χ0) is 11.3. The molecule has 4 nitrogen and oxygen atoms in total. The summed E-state index contributed by atoms with van der Waals surface area (Å²) in [5.74, 6) is -1.16. The van der Waals surface area contributed by atoms with Crippen molar-refractivity contribution < 1.29 is 14.7 Å². The smallest absolute Gasteiger partial charge is 0.331 e.